The second-order valence-electron chi connectivity index (χ2n) is 3.73. The van der Waals surface area contributed by atoms with Crippen molar-refractivity contribution in [2.45, 2.75) is 13.5 Å². The van der Waals surface area contributed by atoms with Gasteiger partial charge in [-0.15, -0.1) is 0 Å². The molecule has 0 fully saturated rings. The number of aromatic nitrogens is 3. The van der Waals surface area contributed by atoms with Gasteiger partial charge in [-0.2, -0.15) is 0 Å². The van der Waals surface area contributed by atoms with Crippen molar-refractivity contribution < 1.29 is 4.39 Å². The van der Waals surface area contributed by atoms with E-state index in [9.17, 15) is 9.18 Å². The maximum atomic E-state index is 12.8. The molecular formula is C12H13FN4O. The van der Waals surface area contributed by atoms with E-state index in [1.54, 1.807) is 0 Å². The summed E-state index contributed by atoms with van der Waals surface area (Å²) in [6.07, 6.45) is 1.09. The number of hydrogen-bond acceptors (Lipinski definition) is 4. The van der Waals surface area contributed by atoms with Gasteiger partial charge in [-0.1, -0.05) is 6.92 Å². The molecule has 18 heavy (non-hydrogen) atoms. The summed E-state index contributed by atoms with van der Waals surface area (Å²) in [5.41, 5.74) is 0.813. The fraction of sp³-hybridized carbons (Fsp3) is 0.250. The highest BCUT2D eigenvalue weighted by Gasteiger charge is 2.05. The molecule has 2 aromatic heterocycles. The molecule has 2 aromatic rings. The number of H-pyrrole nitrogens is 1. The molecule has 0 aliphatic carbocycles. The van der Waals surface area contributed by atoms with Gasteiger partial charge in [-0.3, -0.25) is 4.79 Å². The predicted octanol–water partition coefficient (Wildman–Crippen LogP) is 1.08. The van der Waals surface area contributed by atoms with Crippen LogP contribution in [0.15, 0.2) is 29.2 Å². The first-order valence-electron chi connectivity index (χ1n) is 5.62. The van der Waals surface area contributed by atoms with Crippen molar-refractivity contribution in [3.8, 4) is 11.5 Å². The maximum absolute atomic E-state index is 12.8. The van der Waals surface area contributed by atoms with Crippen LogP contribution in [0.5, 0.6) is 0 Å². The highest BCUT2D eigenvalue weighted by atomic mass is 19.1. The van der Waals surface area contributed by atoms with E-state index in [2.05, 4.69) is 20.3 Å². The molecule has 0 bridgehead atoms. The standard InChI is InChI=1S/C12H13FN4O/c1-2-14-7-9-5-11(18)17-12(16-9)10-4-3-8(13)6-15-10/h3-6,14H,2,7H2,1H3,(H,16,17,18). The summed E-state index contributed by atoms with van der Waals surface area (Å²) in [4.78, 5) is 22.2. The van der Waals surface area contributed by atoms with E-state index in [0.29, 0.717) is 23.8 Å². The van der Waals surface area contributed by atoms with Crippen LogP contribution in [0, 0.1) is 5.82 Å². The van der Waals surface area contributed by atoms with Gasteiger partial charge in [0, 0.05) is 12.6 Å². The molecule has 6 heteroatoms. The lowest BCUT2D eigenvalue weighted by Crippen LogP contribution is -2.17. The first kappa shape index (κ1) is 12.4. The van der Waals surface area contributed by atoms with Crippen LogP contribution in [-0.4, -0.2) is 21.5 Å². The minimum Gasteiger partial charge on any atom is -0.311 e. The first-order valence-corrected chi connectivity index (χ1v) is 5.62. The van der Waals surface area contributed by atoms with Crippen molar-refractivity contribution in [1.29, 1.82) is 0 Å². The molecule has 0 saturated carbocycles. The van der Waals surface area contributed by atoms with Crippen molar-refractivity contribution in [3.63, 3.8) is 0 Å². The third-order valence-corrected chi connectivity index (χ3v) is 2.32. The number of hydrogen-bond donors (Lipinski definition) is 2. The Bertz CT molecular complexity index is 579. The molecule has 2 rings (SSSR count). The van der Waals surface area contributed by atoms with E-state index in [-0.39, 0.29) is 5.56 Å². The predicted molar refractivity (Wildman–Crippen MR) is 65.4 cm³/mol. The lowest BCUT2D eigenvalue weighted by molar-refractivity contribution is 0.621. The van der Waals surface area contributed by atoms with E-state index in [0.717, 1.165) is 12.7 Å². The maximum Gasteiger partial charge on any atom is 0.251 e. The Morgan fingerprint density at radius 2 is 2.28 bits per heavy atom. The van der Waals surface area contributed by atoms with E-state index in [1.807, 2.05) is 6.92 Å². The molecule has 0 aliphatic heterocycles. The summed E-state index contributed by atoms with van der Waals surface area (Å²) in [5, 5.41) is 3.08. The molecule has 0 unspecified atom stereocenters. The second kappa shape index (κ2) is 5.50. The summed E-state index contributed by atoms with van der Waals surface area (Å²) in [6.45, 7) is 3.27. The summed E-state index contributed by atoms with van der Waals surface area (Å²) in [5.74, 6) is -0.0831. The SMILES string of the molecule is CCNCc1cc(=O)[nH]c(-c2ccc(F)cn2)n1. The van der Waals surface area contributed by atoms with Crippen LogP contribution in [0.4, 0.5) is 4.39 Å². The molecule has 0 atom stereocenters. The number of aromatic amines is 1. The highest BCUT2D eigenvalue weighted by Crippen LogP contribution is 2.10. The van der Waals surface area contributed by atoms with Gasteiger partial charge in [0.2, 0.25) is 0 Å². The van der Waals surface area contributed by atoms with Crippen molar-refractivity contribution in [1.82, 2.24) is 20.3 Å². The normalized spacial score (nSPS) is 10.6. The monoisotopic (exact) mass is 248 g/mol. The molecular weight excluding hydrogens is 235 g/mol. The Labute approximate surface area is 103 Å². The summed E-state index contributed by atoms with van der Waals surface area (Å²) < 4.78 is 12.8. The molecule has 2 heterocycles. The Morgan fingerprint density at radius 3 is 2.94 bits per heavy atom. The zero-order valence-electron chi connectivity index (χ0n) is 9.90. The second-order valence-corrected chi connectivity index (χ2v) is 3.73. The first-order chi connectivity index (χ1) is 8.69. The van der Waals surface area contributed by atoms with Crippen molar-refractivity contribution in [2.24, 2.45) is 0 Å². The van der Waals surface area contributed by atoms with Gasteiger partial charge in [0.15, 0.2) is 5.82 Å². The van der Waals surface area contributed by atoms with Crippen molar-refractivity contribution in [2.75, 3.05) is 6.54 Å². The Hall–Kier alpha value is -2.08. The molecule has 0 saturated heterocycles. The molecule has 0 amide bonds. The zero-order chi connectivity index (χ0) is 13.0. The Kier molecular flexibility index (Phi) is 3.78. The van der Waals surface area contributed by atoms with Gasteiger partial charge in [-0.05, 0) is 18.7 Å². The summed E-state index contributed by atoms with van der Waals surface area (Å²) in [7, 11) is 0. The van der Waals surface area contributed by atoms with Gasteiger partial charge < -0.3 is 10.3 Å². The topological polar surface area (TPSA) is 70.7 Å². The minimum atomic E-state index is -0.426. The molecule has 0 aromatic carbocycles. The van der Waals surface area contributed by atoms with Crippen LogP contribution in [0.1, 0.15) is 12.6 Å². The molecule has 2 N–H and O–H groups in total. The molecule has 0 spiro atoms. The average molecular weight is 248 g/mol. The lowest BCUT2D eigenvalue weighted by Gasteiger charge is -2.04. The number of nitrogens with zero attached hydrogens (tertiary/aromatic N) is 2. The van der Waals surface area contributed by atoms with Gasteiger partial charge in [0.1, 0.15) is 11.5 Å². The van der Waals surface area contributed by atoms with E-state index in [1.165, 1.54) is 18.2 Å². The minimum absolute atomic E-state index is 0.251. The van der Waals surface area contributed by atoms with Crippen molar-refractivity contribution >= 4 is 0 Å². The molecule has 0 aliphatic rings. The Balaban J connectivity index is 2.35. The smallest absolute Gasteiger partial charge is 0.251 e. The van der Waals surface area contributed by atoms with Crippen LogP contribution >= 0.6 is 0 Å². The van der Waals surface area contributed by atoms with Gasteiger partial charge >= 0.3 is 0 Å². The molecule has 5 nitrogen and oxygen atoms in total. The number of halogens is 1. The van der Waals surface area contributed by atoms with Crippen LogP contribution in [0.3, 0.4) is 0 Å². The van der Waals surface area contributed by atoms with Crippen molar-refractivity contribution in [3.05, 3.63) is 46.3 Å². The van der Waals surface area contributed by atoms with E-state index < -0.39 is 5.82 Å². The lowest BCUT2D eigenvalue weighted by atomic mass is 10.3. The van der Waals surface area contributed by atoms with Gasteiger partial charge in [0.25, 0.3) is 5.56 Å². The van der Waals surface area contributed by atoms with Crippen LogP contribution in [0.2, 0.25) is 0 Å². The largest absolute Gasteiger partial charge is 0.311 e. The highest BCUT2D eigenvalue weighted by molar-refractivity contribution is 5.48. The fourth-order valence-electron chi connectivity index (χ4n) is 1.49. The summed E-state index contributed by atoms with van der Waals surface area (Å²) in [6, 6.07) is 4.18. The number of nitrogens with one attached hydrogen (secondary N) is 2. The third kappa shape index (κ3) is 2.98. The van der Waals surface area contributed by atoms with E-state index in [4.69, 9.17) is 0 Å². The van der Waals surface area contributed by atoms with Crippen LogP contribution < -0.4 is 10.9 Å². The number of pyridine rings is 1. The third-order valence-electron chi connectivity index (χ3n) is 2.32. The van der Waals surface area contributed by atoms with Gasteiger partial charge in [-0.25, -0.2) is 14.4 Å². The van der Waals surface area contributed by atoms with E-state index >= 15 is 0 Å². The van der Waals surface area contributed by atoms with Gasteiger partial charge in [0.05, 0.1) is 11.9 Å². The quantitative estimate of drug-likeness (QED) is 0.849. The average Bonchev–Trinajstić information content (AvgIpc) is 2.36. The number of rotatable bonds is 4. The van der Waals surface area contributed by atoms with Crippen LogP contribution in [-0.2, 0) is 6.54 Å². The molecule has 94 valence electrons. The summed E-state index contributed by atoms with van der Waals surface area (Å²) >= 11 is 0. The van der Waals surface area contributed by atoms with Crippen LogP contribution in [0.25, 0.3) is 11.5 Å². The Morgan fingerprint density at radius 1 is 1.44 bits per heavy atom. The zero-order valence-corrected chi connectivity index (χ0v) is 9.90. The fourth-order valence-corrected chi connectivity index (χ4v) is 1.49. The molecule has 0 radical (unpaired) electrons.